The van der Waals surface area contributed by atoms with Gasteiger partial charge in [0.25, 0.3) is 0 Å². The average molecular weight is 326 g/mol. The molecule has 1 fully saturated rings. The van der Waals surface area contributed by atoms with E-state index in [1.165, 1.54) is 17.8 Å². The highest BCUT2D eigenvalue weighted by Crippen LogP contribution is 2.34. The van der Waals surface area contributed by atoms with Crippen LogP contribution >= 0.6 is 0 Å². The van der Waals surface area contributed by atoms with Crippen LogP contribution in [0, 0.1) is 10.1 Å². The van der Waals surface area contributed by atoms with Crippen molar-refractivity contribution < 1.29 is 9.72 Å². The molecule has 0 saturated carbocycles. The van der Waals surface area contributed by atoms with Gasteiger partial charge in [-0.1, -0.05) is 30.3 Å². The van der Waals surface area contributed by atoms with Gasteiger partial charge in [-0.15, -0.1) is 0 Å². The lowest BCUT2D eigenvalue weighted by atomic mass is 9.93. The lowest BCUT2D eigenvalue weighted by Crippen LogP contribution is -2.38. The number of urea groups is 1. The van der Waals surface area contributed by atoms with Crippen molar-refractivity contribution in [3.63, 3.8) is 0 Å². The molecule has 124 valence electrons. The van der Waals surface area contributed by atoms with Crippen molar-refractivity contribution in [3.8, 4) is 0 Å². The summed E-state index contributed by atoms with van der Waals surface area (Å²) in [6, 6.07) is 11.2. The Balaban J connectivity index is 1.74. The summed E-state index contributed by atoms with van der Waals surface area (Å²) in [7, 11) is 0. The number of likely N-dealkylation sites (tertiary alicyclic amines) is 1. The predicted molar refractivity (Wildman–Crippen MR) is 89.9 cm³/mol. The molecule has 2 aromatic rings. The van der Waals surface area contributed by atoms with Crippen molar-refractivity contribution >= 4 is 17.4 Å². The van der Waals surface area contributed by atoms with Gasteiger partial charge in [-0.05, 0) is 25.0 Å². The standard InChI is InChI=1S/C17H18N4O3/c1-12-14(13-5-3-2-4-6-13)8-10-20(12)17(22)19-15-7-9-18-11-16(15)21(23)24/h2-7,9,11-12,14H,8,10H2,1H3,(H,18,19,22). The highest BCUT2D eigenvalue weighted by Gasteiger charge is 2.35. The van der Waals surface area contributed by atoms with Gasteiger partial charge in [0.05, 0.1) is 4.92 Å². The van der Waals surface area contributed by atoms with Crippen molar-refractivity contribution in [2.75, 3.05) is 11.9 Å². The number of nitro groups is 1. The van der Waals surface area contributed by atoms with Crippen LogP contribution in [0.25, 0.3) is 0 Å². The van der Waals surface area contributed by atoms with E-state index in [0.29, 0.717) is 6.54 Å². The SMILES string of the molecule is CC1C(c2ccccc2)CCN1C(=O)Nc1ccncc1[N+](=O)[O-]. The zero-order chi connectivity index (χ0) is 17.1. The van der Waals surface area contributed by atoms with Gasteiger partial charge in [0.15, 0.2) is 0 Å². The van der Waals surface area contributed by atoms with Gasteiger partial charge < -0.3 is 10.2 Å². The summed E-state index contributed by atoms with van der Waals surface area (Å²) in [5, 5.41) is 13.7. The Morgan fingerprint density at radius 1 is 1.33 bits per heavy atom. The maximum atomic E-state index is 12.5. The number of pyridine rings is 1. The minimum absolute atomic E-state index is 0.0216. The molecule has 1 aliphatic rings. The van der Waals surface area contributed by atoms with Crippen LogP contribution in [0.1, 0.15) is 24.8 Å². The van der Waals surface area contributed by atoms with E-state index in [-0.39, 0.29) is 29.4 Å². The van der Waals surface area contributed by atoms with Gasteiger partial charge in [0.2, 0.25) is 0 Å². The number of amides is 2. The number of anilines is 1. The number of benzene rings is 1. The maximum Gasteiger partial charge on any atom is 0.322 e. The molecule has 2 amide bonds. The van der Waals surface area contributed by atoms with E-state index in [1.807, 2.05) is 25.1 Å². The maximum absolute atomic E-state index is 12.5. The highest BCUT2D eigenvalue weighted by molar-refractivity contribution is 5.92. The van der Waals surface area contributed by atoms with Gasteiger partial charge in [0, 0.05) is 24.7 Å². The fourth-order valence-electron chi connectivity index (χ4n) is 3.20. The molecule has 3 rings (SSSR count). The van der Waals surface area contributed by atoms with E-state index >= 15 is 0 Å². The minimum atomic E-state index is -0.553. The van der Waals surface area contributed by atoms with Crippen LogP contribution in [0.15, 0.2) is 48.8 Å². The summed E-state index contributed by atoms with van der Waals surface area (Å²) in [6.45, 7) is 2.62. The molecule has 0 spiro atoms. The van der Waals surface area contributed by atoms with Crippen molar-refractivity contribution in [1.29, 1.82) is 0 Å². The average Bonchev–Trinajstić information content (AvgIpc) is 2.97. The number of nitrogens with zero attached hydrogens (tertiary/aromatic N) is 3. The second-order valence-electron chi connectivity index (χ2n) is 5.82. The van der Waals surface area contributed by atoms with E-state index in [4.69, 9.17) is 0 Å². The smallest absolute Gasteiger partial charge is 0.321 e. The second kappa shape index (κ2) is 6.66. The Labute approximate surface area is 139 Å². The molecule has 1 N–H and O–H groups in total. The number of hydrogen-bond acceptors (Lipinski definition) is 4. The minimum Gasteiger partial charge on any atom is -0.321 e. The molecule has 7 heteroatoms. The molecule has 1 aliphatic heterocycles. The second-order valence-corrected chi connectivity index (χ2v) is 5.82. The summed E-state index contributed by atoms with van der Waals surface area (Å²) >= 11 is 0. The Kier molecular flexibility index (Phi) is 4.41. The molecular formula is C17H18N4O3. The Morgan fingerprint density at radius 2 is 2.08 bits per heavy atom. The van der Waals surface area contributed by atoms with E-state index in [2.05, 4.69) is 22.4 Å². The third kappa shape index (κ3) is 3.05. The number of carbonyl (C=O) groups excluding carboxylic acids is 1. The lowest BCUT2D eigenvalue weighted by molar-refractivity contribution is -0.384. The summed E-state index contributed by atoms with van der Waals surface area (Å²) < 4.78 is 0. The lowest BCUT2D eigenvalue weighted by Gasteiger charge is -2.25. The quantitative estimate of drug-likeness (QED) is 0.691. The highest BCUT2D eigenvalue weighted by atomic mass is 16.6. The molecule has 7 nitrogen and oxygen atoms in total. The van der Waals surface area contributed by atoms with E-state index in [1.54, 1.807) is 4.90 Å². The van der Waals surface area contributed by atoms with Crippen LogP contribution in [-0.2, 0) is 0 Å². The van der Waals surface area contributed by atoms with Crippen LogP contribution in [0.4, 0.5) is 16.2 Å². The molecule has 2 atom stereocenters. The zero-order valence-electron chi connectivity index (χ0n) is 13.3. The number of rotatable bonds is 3. The molecule has 1 aromatic heterocycles. The van der Waals surface area contributed by atoms with Crippen LogP contribution in [0.5, 0.6) is 0 Å². The zero-order valence-corrected chi connectivity index (χ0v) is 13.3. The van der Waals surface area contributed by atoms with E-state index < -0.39 is 4.92 Å². The first-order valence-corrected chi connectivity index (χ1v) is 7.79. The Hall–Kier alpha value is -2.96. The fraction of sp³-hybridized carbons (Fsp3) is 0.294. The normalized spacial score (nSPS) is 20.0. The first kappa shape index (κ1) is 15.9. The molecule has 0 aliphatic carbocycles. The largest absolute Gasteiger partial charge is 0.322 e. The fourth-order valence-corrected chi connectivity index (χ4v) is 3.20. The topological polar surface area (TPSA) is 88.4 Å². The van der Waals surface area contributed by atoms with Crippen LogP contribution < -0.4 is 5.32 Å². The van der Waals surface area contributed by atoms with Crippen molar-refractivity contribution in [2.45, 2.75) is 25.3 Å². The summed E-state index contributed by atoms with van der Waals surface area (Å²) in [5.74, 6) is 0.268. The number of aromatic nitrogens is 1. The van der Waals surface area contributed by atoms with Gasteiger partial charge in [-0.2, -0.15) is 0 Å². The summed E-state index contributed by atoms with van der Waals surface area (Å²) in [5.41, 5.74) is 1.16. The molecule has 0 bridgehead atoms. The first-order chi connectivity index (χ1) is 11.6. The molecule has 2 heterocycles. The first-order valence-electron chi connectivity index (χ1n) is 7.79. The molecule has 1 saturated heterocycles. The summed E-state index contributed by atoms with van der Waals surface area (Å²) in [6.07, 6.45) is 3.43. The van der Waals surface area contributed by atoms with Crippen molar-refractivity contribution in [2.24, 2.45) is 0 Å². The molecular weight excluding hydrogens is 308 g/mol. The van der Waals surface area contributed by atoms with E-state index in [9.17, 15) is 14.9 Å². The van der Waals surface area contributed by atoms with Crippen LogP contribution in [0.2, 0.25) is 0 Å². The number of hydrogen-bond donors (Lipinski definition) is 1. The Morgan fingerprint density at radius 3 is 2.79 bits per heavy atom. The molecule has 2 unspecified atom stereocenters. The van der Waals surface area contributed by atoms with Crippen LogP contribution in [0.3, 0.4) is 0 Å². The predicted octanol–water partition coefficient (Wildman–Crippen LogP) is 3.40. The number of carbonyl (C=O) groups is 1. The third-order valence-corrected chi connectivity index (χ3v) is 4.48. The molecule has 1 aromatic carbocycles. The van der Waals surface area contributed by atoms with Gasteiger partial charge in [0.1, 0.15) is 11.9 Å². The van der Waals surface area contributed by atoms with Gasteiger partial charge >= 0.3 is 11.7 Å². The van der Waals surface area contributed by atoms with Crippen LogP contribution in [-0.4, -0.2) is 33.4 Å². The van der Waals surface area contributed by atoms with Crippen molar-refractivity contribution in [3.05, 3.63) is 64.5 Å². The number of nitrogens with one attached hydrogen (secondary N) is 1. The molecule has 24 heavy (non-hydrogen) atoms. The van der Waals surface area contributed by atoms with Gasteiger partial charge in [-0.25, -0.2) is 4.79 Å². The van der Waals surface area contributed by atoms with Gasteiger partial charge in [-0.3, -0.25) is 15.1 Å². The molecule has 0 radical (unpaired) electrons. The third-order valence-electron chi connectivity index (χ3n) is 4.48. The summed E-state index contributed by atoms with van der Waals surface area (Å²) in [4.78, 5) is 28.5. The monoisotopic (exact) mass is 326 g/mol. The van der Waals surface area contributed by atoms with E-state index in [0.717, 1.165) is 12.6 Å². The Bertz CT molecular complexity index is 751. The van der Waals surface area contributed by atoms with Crippen molar-refractivity contribution in [1.82, 2.24) is 9.88 Å².